The molecule has 0 aromatic carbocycles. The number of aliphatic hydroxyl groups excluding tert-OH is 1. The van der Waals surface area contributed by atoms with Gasteiger partial charge in [-0.3, -0.25) is 4.57 Å². The van der Waals surface area contributed by atoms with Crippen LogP contribution in [0, 0.1) is 0 Å². The molecule has 0 saturated carbocycles. The number of H-pyrrole nitrogens is 1. The summed E-state index contributed by atoms with van der Waals surface area (Å²) in [6, 6.07) is -0.360. The van der Waals surface area contributed by atoms with Crippen molar-refractivity contribution in [2.75, 3.05) is 20.3 Å². The molecule has 1 aromatic rings. The number of hydrogen-bond donors (Lipinski definition) is 2. The second-order valence-corrected chi connectivity index (χ2v) is 2.36. The largest absolute Gasteiger partial charge is 0.394 e. The van der Waals surface area contributed by atoms with E-state index in [2.05, 4.69) is 10.2 Å². The lowest BCUT2D eigenvalue weighted by Crippen LogP contribution is -2.27. The molecule has 2 N–H and O–H groups in total. The quantitative estimate of drug-likeness (QED) is 0.596. The lowest BCUT2D eigenvalue weighted by molar-refractivity contribution is 0.113. The molecule has 1 unspecified atom stereocenters. The van der Waals surface area contributed by atoms with Gasteiger partial charge in [0, 0.05) is 7.11 Å². The maximum Gasteiger partial charge on any atom is 0.343 e. The van der Waals surface area contributed by atoms with Gasteiger partial charge < -0.3 is 9.84 Å². The number of nitrogens with one attached hydrogen (secondary N) is 1. The summed E-state index contributed by atoms with van der Waals surface area (Å²) in [5.74, 6) is 0. The van der Waals surface area contributed by atoms with Crippen LogP contribution in [0.4, 0.5) is 0 Å². The minimum Gasteiger partial charge on any atom is -0.394 e. The van der Waals surface area contributed by atoms with E-state index in [-0.39, 0.29) is 24.9 Å². The summed E-state index contributed by atoms with van der Waals surface area (Å²) in [5.41, 5.74) is -0.342. The summed E-state index contributed by atoms with van der Waals surface area (Å²) in [7, 11) is 1.51. The number of hydrogen-bond acceptors (Lipinski definition) is 4. The topological polar surface area (TPSA) is 80.1 Å². The van der Waals surface area contributed by atoms with E-state index < -0.39 is 0 Å². The van der Waals surface area contributed by atoms with Crippen molar-refractivity contribution in [2.24, 2.45) is 0 Å². The number of rotatable bonds is 4. The highest BCUT2D eigenvalue weighted by Crippen LogP contribution is 1.99. The van der Waals surface area contributed by atoms with Crippen LogP contribution in [0.1, 0.15) is 6.04 Å². The summed E-state index contributed by atoms with van der Waals surface area (Å²) in [5, 5.41) is 14.6. The van der Waals surface area contributed by atoms with Crippen molar-refractivity contribution < 1.29 is 9.84 Å². The summed E-state index contributed by atoms with van der Waals surface area (Å²) >= 11 is 0. The molecule has 0 aliphatic carbocycles. The van der Waals surface area contributed by atoms with Crippen LogP contribution in [0.25, 0.3) is 0 Å². The lowest BCUT2D eigenvalue weighted by atomic mass is 10.3. The number of aliphatic hydroxyl groups is 1. The number of methoxy groups -OCH3 is 1. The van der Waals surface area contributed by atoms with Gasteiger partial charge in [-0.15, -0.1) is 0 Å². The van der Waals surface area contributed by atoms with E-state index in [1.54, 1.807) is 0 Å². The first-order valence-electron chi connectivity index (χ1n) is 3.51. The van der Waals surface area contributed by atoms with Crippen LogP contribution in [-0.4, -0.2) is 40.2 Å². The number of aromatic nitrogens is 3. The molecule has 0 aliphatic rings. The van der Waals surface area contributed by atoms with Crippen LogP contribution in [-0.2, 0) is 4.74 Å². The van der Waals surface area contributed by atoms with Crippen LogP contribution in [0.15, 0.2) is 11.1 Å². The molecule has 0 radical (unpaired) electrons. The van der Waals surface area contributed by atoms with Crippen LogP contribution >= 0.6 is 0 Å². The van der Waals surface area contributed by atoms with Crippen LogP contribution < -0.4 is 5.69 Å². The third-order valence-corrected chi connectivity index (χ3v) is 1.54. The molecular weight excluding hydrogens is 162 g/mol. The van der Waals surface area contributed by atoms with Gasteiger partial charge >= 0.3 is 5.69 Å². The highest BCUT2D eigenvalue weighted by molar-refractivity contribution is 4.72. The number of nitrogens with zero attached hydrogens (tertiary/aromatic N) is 2. The van der Waals surface area contributed by atoms with Crippen molar-refractivity contribution >= 4 is 0 Å². The molecule has 0 aliphatic heterocycles. The van der Waals surface area contributed by atoms with Gasteiger partial charge in [0.1, 0.15) is 6.33 Å². The average Bonchev–Trinajstić information content (AvgIpc) is 2.47. The van der Waals surface area contributed by atoms with Crippen LogP contribution in [0.2, 0.25) is 0 Å². The predicted molar refractivity (Wildman–Crippen MR) is 40.8 cm³/mol. The van der Waals surface area contributed by atoms with E-state index in [0.29, 0.717) is 0 Å². The van der Waals surface area contributed by atoms with Gasteiger partial charge in [-0.2, -0.15) is 5.10 Å². The fourth-order valence-electron chi connectivity index (χ4n) is 0.930. The average molecular weight is 173 g/mol. The predicted octanol–water partition coefficient (Wildman–Crippen LogP) is -1.25. The Morgan fingerprint density at radius 3 is 3.08 bits per heavy atom. The lowest BCUT2D eigenvalue weighted by Gasteiger charge is -2.11. The van der Waals surface area contributed by atoms with Gasteiger partial charge in [-0.25, -0.2) is 9.89 Å². The van der Waals surface area contributed by atoms with E-state index in [1.807, 2.05) is 0 Å². The Hall–Kier alpha value is -1.14. The van der Waals surface area contributed by atoms with Gasteiger partial charge in [0.15, 0.2) is 0 Å². The summed E-state index contributed by atoms with van der Waals surface area (Å²) in [6.45, 7) is 0.142. The zero-order valence-corrected chi connectivity index (χ0v) is 6.73. The summed E-state index contributed by atoms with van der Waals surface area (Å²) in [6.07, 6.45) is 1.34. The molecule has 6 heteroatoms. The molecule has 1 aromatic heterocycles. The Balaban J connectivity index is 2.79. The Bertz CT molecular complexity index is 280. The molecule has 1 rings (SSSR count). The molecule has 1 atom stereocenters. The minimum absolute atomic E-state index is 0.146. The number of aromatic amines is 1. The van der Waals surface area contributed by atoms with E-state index >= 15 is 0 Å². The SMILES string of the molecule is COCC(CO)n1cn[nH]c1=O. The number of ether oxygens (including phenoxy) is 1. The van der Waals surface area contributed by atoms with E-state index in [9.17, 15) is 4.79 Å². The molecule has 12 heavy (non-hydrogen) atoms. The van der Waals surface area contributed by atoms with E-state index in [4.69, 9.17) is 9.84 Å². The fourth-order valence-corrected chi connectivity index (χ4v) is 0.930. The second kappa shape index (κ2) is 4.03. The molecule has 0 saturated heterocycles. The monoisotopic (exact) mass is 173 g/mol. The van der Waals surface area contributed by atoms with Crippen molar-refractivity contribution in [1.29, 1.82) is 0 Å². The first-order chi connectivity index (χ1) is 5.79. The van der Waals surface area contributed by atoms with Crippen molar-refractivity contribution in [1.82, 2.24) is 14.8 Å². The van der Waals surface area contributed by atoms with Crippen molar-refractivity contribution in [3.8, 4) is 0 Å². The summed E-state index contributed by atoms with van der Waals surface area (Å²) < 4.78 is 6.11. The van der Waals surface area contributed by atoms with Crippen molar-refractivity contribution in [2.45, 2.75) is 6.04 Å². The minimum atomic E-state index is -0.360. The molecule has 1 heterocycles. The van der Waals surface area contributed by atoms with Gasteiger partial charge in [-0.1, -0.05) is 0 Å². The Labute approximate surface area is 68.8 Å². The molecule has 0 fully saturated rings. The Morgan fingerprint density at radius 1 is 1.92 bits per heavy atom. The van der Waals surface area contributed by atoms with Crippen molar-refractivity contribution in [3.05, 3.63) is 16.8 Å². The van der Waals surface area contributed by atoms with E-state index in [1.165, 1.54) is 18.0 Å². The van der Waals surface area contributed by atoms with Crippen LogP contribution in [0.3, 0.4) is 0 Å². The highest BCUT2D eigenvalue weighted by atomic mass is 16.5. The van der Waals surface area contributed by atoms with E-state index in [0.717, 1.165) is 0 Å². The third-order valence-electron chi connectivity index (χ3n) is 1.54. The molecule has 68 valence electrons. The van der Waals surface area contributed by atoms with Gasteiger partial charge in [0.25, 0.3) is 0 Å². The Kier molecular flexibility index (Phi) is 3.01. The summed E-state index contributed by atoms with van der Waals surface area (Å²) in [4.78, 5) is 11.0. The fraction of sp³-hybridized carbons (Fsp3) is 0.667. The third kappa shape index (κ3) is 1.72. The molecule has 6 nitrogen and oxygen atoms in total. The Morgan fingerprint density at radius 2 is 2.67 bits per heavy atom. The smallest absolute Gasteiger partial charge is 0.343 e. The van der Waals surface area contributed by atoms with Gasteiger partial charge in [-0.05, 0) is 0 Å². The maximum absolute atomic E-state index is 11.0. The van der Waals surface area contributed by atoms with Gasteiger partial charge in [0.2, 0.25) is 0 Å². The molecule has 0 amide bonds. The zero-order valence-electron chi connectivity index (χ0n) is 6.73. The maximum atomic E-state index is 11.0. The second-order valence-electron chi connectivity index (χ2n) is 2.36. The van der Waals surface area contributed by atoms with Crippen LogP contribution in [0.5, 0.6) is 0 Å². The first kappa shape index (κ1) is 8.95. The normalized spacial score (nSPS) is 13.2. The zero-order chi connectivity index (χ0) is 8.97. The first-order valence-corrected chi connectivity index (χ1v) is 3.51. The highest BCUT2D eigenvalue weighted by Gasteiger charge is 2.11. The molecular formula is C6H11N3O3. The standard InChI is InChI=1S/C6H11N3O3/c1-12-3-5(2-10)9-4-7-8-6(9)11/h4-5,10H,2-3H2,1H3,(H,8,11). The van der Waals surface area contributed by atoms with Gasteiger partial charge in [0.05, 0.1) is 19.3 Å². The van der Waals surface area contributed by atoms with Crippen molar-refractivity contribution in [3.63, 3.8) is 0 Å². The molecule has 0 bridgehead atoms. The molecule has 0 spiro atoms.